The van der Waals surface area contributed by atoms with Gasteiger partial charge in [0.15, 0.2) is 5.82 Å². The number of hydrogen-bond donors (Lipinski definition) is 1. The molecule has 3 rings (SSSR count). The second-order valence-electron chi connectivity index (χ2n) is 5.85. The summed E-state index contributed by atoms with van der Waals surface area (Å²) in [5.41, 5.74) is 1.79. The first kappa shape index (κ1) is 13.4. The zero-order valence-electron chi connectivity index (χ0n) is 12.1. The van der Waals surface area contributed by atoms with Crippen molar-refractivity contribution in [3.63, 3.8) is 0 Å². The number of fused-ring (bicyclic) bond motifs is 1. The molecule has 0 unspecified atom stereocenters. The van der Waals surface area contributed by atoms with Crippen molar-refractivity contribution in [2.24, 2.45) is 5.92 Å². The van der Waals surface area contributed by atoms with Gasteiger partial charge in [-0.1, -0.05) is 25.3 Å². The number of aliphatic hydroxyl groups excluding tert-OH is 1. The molecule has 2 aromatic heterocycles. The molecule has 4 nitrogen and oxygen atoms in total. The predicted molar refractivity (Wildman–Crippen MR) is 81.0 cm³/mol. The van der Waals surface area contributed by atoms with Crippen molar-refractivity contribution in [3.05, 3.63) is 30.1 Å². The molecule has 0 saturated heterocycles. The molecule has 0 bridgehead atoms. The van der Waals surface area contributed by atoms with Crippen molar-refractivity contribution in [1.29, 1.82) is 0 Å². The normalized spacial score (nSPS) is 16.7. The van der Waals surface area contributed by atoms with Gasteiger partial charge >= 0.3 is 0 Å². The zero-order chi connectivity index (χ0) is 13.9. The Hall–Kier alpha value is -1.55. The molecule has 108 valence electrons. The van der Waals surface area contributed by atoms with Crippen LogP contribution < -0.4 is 4.90 Å². The van der Waals surface area contributed by atoms with E-state index < -0.39 is 0 Å². The minimum Gasteiger partial charge on any atom is -0.390 e. The van der Waals surface area contributed by atoms with Crippen LogP contribution in [0.1, 0.15) is 37.8 Å². The largest absolute Gasteiger partial charge is 0.390 e. The van der Waals surface area contributed by atoms with Gasteiger partial charge in [-0.15, -0.1) is 0 Å². The van der Waals surface area contributed by atoms with Gasteiger partial charge in [-0.25, -0.2) is 4.98 Å². The first-order chi connectivity index (χ1) is 9.79. The molecular formula is C16H23N3O. The summed E-state index contributed by atoms with van der Waals surface area (Å²) in [5, 5.41) is 9.67. The molecule has 1 fully saturated rings. The van der Waals surface area contributed by atoms with Gasteiger partial charge in [0, 0.05) is 19.8 Å². The van der Waals surface area contributed by atoms with Crippen LogP contribution in [-0.2, 0) is 6.61 Å². The Bertz CT molecular complexity index is 572. The van der Waals surface area contributed by atoms with Crippen LogP contribution >= 0.6 is 0 Å². The van der Waals surface area contributed by atoms with E-state index in [4.69, 9.17) is 0 Å². The molecule has 0 spiro atoms. The van der Waals surface area contributed by atoms with Crippen LogP contribution in [0.2, 0.25) is 0 Å². The molecule has 2 aromatic rings. The summed E-state index contributed by atoms with van der Waals surface area (Å²) in [5.74, 6) is 1.69. The van der Waals surface area contributed by atoms with Gasteiger partial charge in [0.1, 0.15) is 5.65 Å². The number of rotatable bonds is 4. The molecule has 4 heteroatoms. The van der Waals surface area contributed by atoms with Crippen LogP contribution in [0.4, 0.5) is 5.82 Å². The molecule has 0 amide bonds. The van der Waals surface area contributed by atoms with Crippen molar-refractivity contribution in [2.45, 2.75) is 38.7 Å². The summed E-state index contributed by atoms with van der Waals surface area (Å²) in [6.45, 7) is 1.06. The average molecular weight is 273 g/mol. The lowest BCUT2D eigenvalue weighted by molar-refractivity contribution is 0.275. The molecule has 2 heterocycles. The topological polar surface area (TPSA) is 40.8 Å². The lowest BCUT2D eigenvalue weighted by atomic mass is 9.89. The van der Waals surface area contributed by atoms with E-state index in [0.29, 0.717) is 0 Å². The second-order valence-corrected chi connectivity index (χ2v) is 5.85. The van der Waals surface area contributed by atoms with Crippen molar-refractivity contribution in [3.8, 4) is 0 Å². The van der Waals surface area contributed by atoms with Crippen LogP contribution in [0.25, 0.3) is 5.65 Å². The minimum absolute atomic E-state index is 0.0233. The van der Waals surface area contributed by atoms with Gasteiger partial charge in [0.2, 0.25) is 0 Å². The number of aromatic nitrogens is 2. The third-order valence-corrected chi connectivity index (χ3v) is 4.38. The van der Waals surface area contributed by atoms with E-state index in [0.717, 1.165) is 29.6 Å². The Morgan fingerprint density at radius 3 is 2.85 bits per heavy atom. The maximum absolute atomic E-state index is 9.67. The number of aliphatic hydroxyl groups is 1. The van der Waals surface area contributed by atoms with Crippen LogP contribution in [0.5, 0.6) is 0 Å². The van der Waals surface area contributed by atoms with E-state index in [9.17, 15) is 5.11 Å². The second kappa shape index (κ2) is 5.83. The fourth-order valence-electron chi connectivity index (χ4n) is 3.33. The van der Waals surface area contributed by atoms with E-state index in [2.05, 4.69) is 16.9 Å². The average Bonchev–Trinajstić information content (AvgIpc) is 2.87. The molecule has 1 N–H and O–H groups in total. The maximum Gasteiger partial charge on any atom is 0.153 e. The SMILES string of the molecule is CN(CC1CCCCC1)c1nc2ccccn2c1CO. The van der Waals surface area contributed by atoms with Crippen molar-refractivity contribution < 1.29 is 5.11 Å². The number of imidazole rings is 1. The molecular weight excluding hydrogens is 250 g/mol. The summed E-state index contributed by atoms with van der Waals surface area (Å²) >= 11 is 0. The van der Waals surface area contributed by atoms with E-state index in [-0.39, 0.29) is 6.61 Å². The highest BCUT2D eigenvalue weighted by atomic mass is 16.3. The fourth-order valence-corrected chi connectivity index (χ4v) is 3.33. The highest BCUT2D eigenvalue weighted by Gasteiger charge is 2.19. The third-order valence-electron chi connectivity index (χ3n) is 4.38. The van der Waals surface area contributed by atoms with E-state index in [1.807, 2.05) is 28.8 Å². The zero-order valence-corrected chi connectivity index (χ0v) is 12.1. The van der Waals surface area contributed by atoms with E-state index >= 15 is 0 Å². The van der Waals surface area contributed by atoms with Gasteiger partial charge in [0.25, 0.3) is 0 Å². The summed E-state index contributed by atoms with van der Waals surface area (Å²) in [6, 6.07) is 5.93. The monoisotopic (exact) mass is 273 g/mol. The van der Waals surface area contributed by atoms with Crippen LogP contribution in [0, 0.1) is 5.92 Å². The summed E-state index contributed by atoms with van der Waals surface area (Å²) in [4.78, 5) is 6.89. The lowest BCUT2D eigenvalue weighted by Crippen LogP contribution is -2.27. The van der Waals surface area contributed by atoms with Gasteiger partial charge in [0.05, 0.1) is 12.3 Å². The van der Waals surface area contributed by atoms with Crippen LogP contribution in [0.3, 0.4) is 0 Å². The molecule has 0 atom stereocenters. The van der Waals surface area contributed by atoms with Crippen molar-refractivity contribution in [1.82, 2.24) is 9.38 Å². The van der Waals surface area contributed by atoms with Crippen molar-refractivity contribution in [2.75, 3.05) is 18.5 Å². The third kappa shape index (κ3) is 2.52. The Labute approximate surface area is 120 Å². The molecule has 1 saturated carbocycles. The number of hydrogen-bond acceptors (Lipinski definition) is 3. The maximum atomic E-state index is 9.67. The minimum atomic E-state index is 0.0233. The smallest absolute Gasteiger partial charge is 0.153 e. The summed E-state index contributed by atoms with van der Waals surface area (Å²) < 4.78 is 1.98. The molecule has 20 heavy (non-hydrogen) atoms. The van der Waals surface area contributed by atoms with Gasteiger partial charge in [-0.2, -0.15) is 0 Å². The first-order valence-electron chi connectivity index (χ1n) is 7.57. The van der Waals surface area contributed by atoms with Crippen LogP contribution in [-0.4, -0.2) is 28.1 Å². The number of pyridine rings is 1. The Balaban J connectivity index is 1.84. The molecule has 0 radical (unpaired) electrons. The predicted octanol–water partition coefficient (Wildman–Crippen LogP) is 2.84. The Morgan fingerprint density at radius 2 is 2.10 bits per heavy atom. The summed E-state index contributed by atoms with van der Waals surface area (Å²) in [6.07, 6.45) is 8.72. The van der Waals surface area contributed by atoms with E-state index in [1.54, 1.807) is 0 Å². The summed E-state index contributed by atoms with van der Waals surface area (Å²) in [7, 11) is 2.09. The van der Waals surface area contributed by atoms with Crippen LogP contribution in [0.15, 0.2) is 24.4 Å². The highest BCUT2D eigenvalue weighted by Crippen LogP contribution is 2.27. The van der Waals surface area contributed by atoms with Gasteiger partial charge in [-0.05, 0) is 30.9 Å². The van der Waals surface area contributed by atoms with Crippen molar-refractivity contribution >= 4 is 11.5 Å². The Morgan fingerprint density at radius 1 is 1.30 bits per heavy atom. The molecule has 1 aliphatic rings. The molecule has 0 aliphatic heterocycles. The lowest BCUT2D eigenvalue weighted by Gasteiger charge is -2.27. The Kier molecular flexibility index (Phi) is 3.92. The van der Waals surface area contributed by atoms with E-state index in [1.165, 1.54) is 32.1 Å². The highest BCUT2D eigenvalue weighted by molar-refractivity contribution is 5.55. The standard InChI is InChI=1S/C16H23N3O/c1-18(11-13-7-3-2-4-8-13)16-14(12-20)19-10-6-5-9-15(19)17-16/h5-6,9-10,13,20H,2-4,7-8,11-12H2,1H3. The fraction of sp³-hybridized carbons (Fsp3) is 0.562. The quantitative estimate of drug-likeness (QED) is 0.931. The van der Waals surface area contributed by atoms with Gasteiger partial charge < -0.3 is 10.0 Å². The van der Waals surface area contributed by atoms with Gasteiger partial charge in [-0.3, -0.25) is 4.40 Å². The number of anilines is 1. The molecule has 0 aromatic carbocycles. The molecule has 1 aliphatic carbocycles. The number of nitrogens with zero attached hydrogens (tertiary/aromatic N) is 3. The first-order valence-corrected chi connectivity index (χ1v) is 7.57.